The summed E-state index contributed by atoms with van der Waals surface area (Å²) in [6, 6.07) is 18.6. The van der Waals surface area contributed by atoms with Crippen LogP contribution in [0, 0.1) is 0 Å². The first-order valence-electron chi connectivity index (χ1n) is 9.60. The number of hydrogen-bond acceptors (Lipinski definition) is 4. The van der Waals surface area contributed by atoms with Crippen LogP contribution in [0.25, 0.3) is 0 Å². The van der Waals surface area contributed by atoms with Crippen molar-refractivity contribution in [2.24, 2.45) is 0 Å². The van der Waals surface area contributed by atoms with Gasteiger partial charge in [-0.05, 0) is 54.1 Å². The first kappa shape index (κ1) is 23.3. The number of rotatable bonds is 8. The molecule has 3 aromatic rings. The Morgan fingerprint density at radius 3 is 2.25 bits per heavy atom. The van der Waals surface area contributed by atoms with E-state index in [0.29, 0.717) is 11.1 Å². The number of hydrogen-bond donors (Lipinski definition) is 1. The van der Waals surface area contributed by atoms with Gasteiger partial charge in [0.05, 0.1) is 22.8 Å². The molecule has 168 valence electrons. The predicted octanol–water partition coefficient (Wildman–Crippen LogP) is 4.49. The van der Waals surface area contributed by atoms with E-state index >= 15 is 0 Å². The van der Waals surface area contributed by atoms with Crippen molar-refractivity contribution in [2.75, 3.05) is 13.2 Å². The Morgan fingerprint density at radius 1 is 0.906 bits per heavy atom. The number of carbonyl (C=O) groups is 1. The normalized spacial score (nSPS) is 11.7. The molecule has 0 aliphatic heterocycles. The molecule has 0 heterocycles. The molecule has 3 aromatic carbocycles. The third-order valence-electron chi connectivity index (χ3n) is 4.49. The second-order valence-corrected chi connectivity index (χ2v) is 8.89. The van der Waals surface area contributed by atoms with Crippen LogP contribution in [0.3, 0.4) is 0 Å². The van der Waals surface area contributed by atoms with Crippen LogP contribution in [0.5, 0.6) is 5.75 Å². The highest BCUT2D eigenvalue weighted by atomic mass is 32.2. The van der Waals surface area contributed by atoms with Crippen LogP contribution in [0.2, 0.25) is 0 Å². The number of benzene rings is 3. The average molecular weight is 463 g/mol. The van der Waals surface area contributed by atoms with Crippen LogP contribution < -0.4 is 10.1 Å². The standard InChI is InChI=1S/C23H20F3NO4S/c24-23(25,26)19-9-11-20(12-10-19)31-14-13-27-22(28)18-6-4-5-17(15-18)16-32(29,30)21-7-2-1-3-8-21/h1-12,15H,13-14,16H2,(H,27,28). The molecule has 3 rings (SSSR count). The minimum atomic E-state index is -4.42. The van der Waals surface area contributed by atoms with Gasteiger partial charge in [0, 0.05) is 5.56 Å². The maximum absolute atomic E-state index is 12.6. The van der Waals surface area contributed by atoms with Crippen molar-refractivity contribution in [1.29, 1.82) is 0 Å². The average Bonchev–Trinajstić information content (AvgIpc) is 2.77. The lowest BCUT2D eigenvalue weighted by Gasteiger charge is -2.10. The van der Waals surface area contributed by atoms with E-state index in [4.69, 9.17) is 4.74 Å². The molecular formula is C23H20F3NO4S. The van der Waals surface area contributed by atoms with Crippen LogP contribution in [0.4, 0.5) is 13.2 Å². The van der Waals surface area contributed by atoms with E-state index in [9.17, 15) is 26.4 Å². The van der Waals surface area contributed by atoms with Crippen molar-refractivity contribution < 1.29 is 31.1 Å². The highest BCUT2D eigenvalue weighted by Crippen LogP contribution is 2.30. The third kappa shape index (κ3) is 6.34. The van der Waals surface area contributed by atoms with E-state index in [1.54, 1.807) is 36.4 Å². The highest BCUT2D eigenvalue weighted by molar-refractivity contribution is 7.90. The molecule has 0 fully saturated rings. The summed E-state index contributed by atoms with van der Waals surface area (Å²) < 4.78 is 68.1. The number of alkyl halides is 3. The molecule has 0 spiro atoms. The number of halogens is 3. The van der Waals surface area contributed by atoms with E-state index < -0.39 is 27.5 Å². The fraction of sp³-hybridized carbons (Fsp3) is 0.174. The Hall–Kier alpha value is -3.33. The van der Waals surface area contributed by atoms with Gasteiger partial charge in [-0.3, -0.25) is 4.79 Å². The maximum atomic E-state index is 12.6. The minimum absolute atomic E-state index is 0.0547. The molecule has 1 amide bonds. The zero-order valence-electron chi connectivity index (χ0n) is 16.8. The smallest absolute Gasteiger partial charge is 0.416 e. The van der Waals surface area contributed by atoms with E-state index in [0.717, 1.165) is 12.1 Å². The number of amides is 1. The molecule has 0 unspecified atom stereocenters. The summed E-state index contributed by atoms with van der Waals surface area (Å²) in [6.07, 6.45) is -4.42. The molecule has 0 saturated carbocycles. The quantitative estimate of drug-likeness (QED) is 0.500. The molecule has 0 aliphatic rings. The van der Waals surface area contributed by atoms with E-state index in [-0.39, 0.29) is 29.5 Å². The largest absolute Gasteiger partial charge is 0.492 e. The zero-order chi connectivity index (χ0) is 23.2. The van der Waals surface area contributed by atoms with Crippen LogP contribution in [0.15, 0.2) is 83.8 Å². The lowest BCUT2D eigenvalue weighted by Crippen LogP contribution is -2.28. The van der Waals surface area contributed by atoms with Crippen molar-refractivity contribution in [3.8, 4) is 5.75 Å². The van der Waals surface area contributed by atoms with Gasteiger partial charge in [-0.1, -0.05) is 30.3 Å². The Labute approximate surface area is 183 Å². The molecule has 0 saturated heterocycles. The van der Waals surface area contributed by atoms with Crippen molar-refractivity contribution >= 4 is 15.7 Å². The lowest BCUT2D eigenvalue weighted by molar-refractivity contribution is -0.137. The SMILES string of the molecule is O=C(NCCOc1ccc(C(F)(F)F)cc1)c1cccc(CS(=O)(=O)c2ccccc2)c1. The number of sulfone groups is 1. The van der Waals surface area contributed by atoms with Gasteiger partial charge in [0.15, 0.2) is 9.84 Å². The third-order valence-corrected chi connectivity index (χ3v) is 6.19. The van der Waals surface area contributed by atoms with Gasteiger partial charge >= 0.3 is 6.18 Å². The molecule has 0 aromatic heterocycles. The molecule has 32 heavy (non-hydrogen) atoms. The van der Waals surface area contributed by atoms with Gasteiger partial charge in [0.1, 0.15) is 12.4 Å². The van der Waals surface area contributed by atoms with E-state index in [1.807, 2.05) is 0 Å². The first-order valence-corrected chi connectivity index (χ1v) is 11.3. The van der Waals surface area contributed by atoms with Crippen molar-refractivity contribution in [3.63, 3.8) is 0 Å². The first-order chi connectivity index (χ1) is 15.1. The van der Waals surface area contributed by atoms with Crippen molar-refractivity contribution in [1.82, 2.24) is 5.32 Å². The molecule has 0 atom stereocenters. The topological polar surface area (TPSA) is 72.5 Å². The van der Waals surface area contributed by atoms with Gasteiger partial charge in [-0.25, -0.2) is 8.42 Å². The predicted molar refractivity (Wildman–Crippen MR) is 113 cm³/mol. The Morgan fingerprint density at radius 2 is 1.59 bits per heavy atom. The lowest BCUT2D eigenvalue weighted by atomic mass is 10.1. The van der Waals surface area contributed by atoms with Gasteiger partial charge in [0.2, 0.25) is 0 Å². The molecule has 9 heteroatoms. The fourth-order valence-corrected chi connectivity index (χ4v) is 4.27. The van der Waals surface area contributed by atoms with E-state index in [1.165, 1.54) is 30.3 Å². The van der Waals surface area contributed by atoms with Gasteiger partial charge < -0.3 is 10.1 Å². The second-order valence-electron chi connectivity index (χ2n) is 6.90. The minimum Gasteiger partial charge on any atom is -0.492 e. The number of nitrogens with one attached hydrogen (secondary N) is 1. The second kappa shape index (κ2) is 9.86. The Bertz CT molecular complexity index is 1160. The monoisotopic (exact) mass is 463 g/mol. The van der Waals surface area contributed by atoms with Crippen LogP contribution in [-0.2, 0) is 21.8 Å². The molecular weight excluding hydrogens is 443 g/mol. The summed E-state index contributed by atoms with van der Waals surface area (Å²) >= 11 is 0. The molecule has 0 radical (unpaired) electrons. The molecule has 1 N–H and O–H groups in total. The molecule has 5 nitrogen and oxygen atoms in total. The number of carbonyl (C=O) groups excluding carboxylic acids is 1. The van der Waals surface area contributed by atoms with Gasteiger partial charge in [-0.2, -0.15) is 13.2 Å². The summed E-state index contributed by atoms with van der Waals surface area (Å²) in [7, 11) is -3.54. The summed E-state index contributed by atoms with van der Waals surface area (Å²) in [5, 5.41) is 2.63. The van der Waals surface area contributed by atoms with Crippen LogP contribution >= 0.6 is 0 Å². The van der Waals surface area contributed by atoms with Crippen LogP contribution in [-0.4, -0.2) is 27.5 Å². The van der Waals surface area contributed by atoms with Crippen molar-refractivity contribution in [3.05, 3.63) is 95.6 Å². The Kier molecular flexibility index (Phi) is 7.19. The van der Waals surface area contributed by atoms with Gasteiger partial charge in [0.25, 0.3) is 5.91 Å². The summed E-state index contributed by atoms with van der Waals surface area (Å²) in [4.78, 5) is 12.6. The molecule has 0 aliphatic carbocycles. The zero-order valence-corrected chi connectivity index (χ0v) is 17.6. The highest BCUT2D eigenvalue weighted by Gasteiger charge is 2.30. The summed E-state index contributed by atoms with van der Waals surface area (Å²) in [6.45, 7) is 0.172. The van der Waals surface area contributed by atoms with Crippen LogP contribution in [0.1, 0.15) is 21.5 Å². The maximum Gasteiger partial charge on any atom is 0.416 e. The summed E-state index contributed by atoms with van der Waals surface area (Å²) in [5.74, 6) is -0.407. The van der Waals surface area contributed by atoms with E-state index in [2.05, 4.69) is 5.32 Å². The Balaban J connectivity index is 1.53. The van der Waals surface area contributed by atoms with Crippen molar-refractivity contribution in [2.45, 2.75) is 16.8 Å². The molecule has 0 bridgehead atoms. The summed E-state index contributed by atoms with van der Waals surface area (Å²) in [5.41, 5.74) is -0.00453. The fourth-order valence-electron chi connectivity index (χ4n) is 2.91. The van der Waals surface area contributed by atoms with Gasteiger partial charge in [-0.15, -0.1) is 0 Å². The number of ether oxygens (including phenoxy) is 1.